The van der Waals surface area contributed by atoms with Crippen LogP contribution in [0.5, 0.6) is 0 Å². The van der Waals surface area contributed by atoms with E-state index in [1.54, 1.807) is 36.7 Å². The van der Waals surface area contributed by atoms with Crippen LogP contribution in [-0.4, -0.2) is 38.3 Å². The number of aromatic nitrogens is 3. The van der Waals surface area contributed by atoms with E-state index in [2.05, 4.69) is 20.5 Å². The van der Waals surface area contributed by atoms with Crippen LogP contribution in [0, 0.1) is 5.82 Å². The van der Waals surface area contributed by atoms with Crippen LogP contribution in [0.4, 0.5) is 17.6 Å². The molecule has 8 nitrogen and oxygen atoms in total. The second-order valence-corrected chi connectivity index (χ2v) is 5.84. The van der Waals surface area contributed by atoms with Gasteiger partial charge in [0, 0.05) is 24.5 Å². The number of amides is 1. The minimum atomic E-state index is -5.08. The van der Waals surface area contributed by atoms with Gasteiger partial charge in [-0.25, -0.2) is 14.3 Å². The Bertz CT molecular complexity index is 1100. The molecule has 0 radical (unpaired) electrons. The molecule has 0 atom stereocenters. The van der Waals surface area contributed by atoms with Gasteiger partial charge < -0.3 is 10.4 Å². The second kappa shape index (κ2) is 10.1. The number of hydrogen-bond donors (Lipinski definition) is 3. The number of benzene rings is 1. The van der Waals surface area contributed by atoms with Gasteiger partial charge in [-0.3, -0.25) is 14.6 Å². The first kappa shape index (κ1) is 23.2. The van der Waals surface area contributed by atoms with Crippen molar-refractivity contribution in [3.8, 4) is 11.3 Å². The first-order valence-electron chi connectivity index (χ1n) is 8.41. The van der Waals surface area contributed by atoms with Gasteiger partial charge in [0.1, 0.15) is 11.4 Å². The maximum absolute atomic E-state index is 12.9. The van der Waals surface area contributed by atoms with Crippen molar-refractivity contribution in [2.75, 3.05) is 0 Å². The number of carbonyl (C=O) groups excluding carboxylic acids is 1. The van der Waals surface area contributed by atoms with Gasteiger partial charge in [-0.1, -0.05) is 12.1 Å². The molecule has 2 heterocycles. The SMILES string of the molecule is O=C(NCc1ccc(F)cc1)c1cc(-c2ccncc2)n[nH]c1=O.O=C(O)C(F)(F)F. The normalized spacial score (nSPS) is 10.6. The van der Waals surface area contributed by atoms with Gasteiger partial charge in [-0.15, -0.1) is 0 Å². The Labute approximate surface area is 171 Å². The Morgan fingerprint density at radius 2 is 1.65 bits per heavy atom. The van der Waals surface area contributed by atoms with Crippen LogP contribution in [0.2, 0.25) is 0 Å². The highest BCUT2D eigenvalue weighted by Gasteiger charge is 2.38. The fourth-order valence-corrected chi connectivity index (χ4v) is 2.12. The number of carbonyl (C=O) groups is 2. The third kappa shape index (κ3) is 7.03. The van der Waals surface area contributed by atoms with Crippen LogP contribution < -0.4 is 10.9 Å². The Hall–Kier alpha value is -4.09. The van der Waals surface area contributed by atoms with E-state index in [9.17, 15) is 27.2 Å². The van der Waals surface area contributed by atoms with Crippen molar-refractivity contribution in [2.24, 2.45) is 0 Å². The molecule has 0 saturated carbocycles. The summed E-state index contributed by atoms with van der Waals surface area (Å²) in [6, 6.07) is 10.6. The third-order valence-electron chi connectivity index (χ3n) is 3.63. The van der Waals surface area contributed by atoms with Gasteiger partial charge in [0.2, 0.25) is 0 Å². The van der Waals surface area contributed by atoms with Crippen LogP contribution in [0.3, 0.4) is 0 Å². The lowest BCUT2D eigenvalue weighted by molar-refractivity contribution is -0.192. The molecule has 0 bridgehead atoms. The van der Waals surface area contributed by atoms with E-state index >= 15 is 0 Å². The number of aromatic amines is 1. The zero-order valence-corrected chi connectivity index (χ0v) is 15.5. The number of carboxylic acid groups (broad SMARTS) is 1. The number of halogens is 4. The molecule has 0 aliphatic rings. The summed E-state index contributed by atoms with van der Waals surface area (Å²) in [5.74, 6) is -3.64. The largest absolute Gasteiger partial charge is 0.490 e. The van der Waals surface area contributed by atoms with Gasteiger partial charge in [-0.05, 0) is 35.9 Å². The van der Waals surface area contributed by atoms with Crippen LogP contribution in [0.1, 0.15) is 15.9 Å². The maximum atomic E-state index is 12.9. The molecular weight excluding hydrogens is 424 g/mol. The molecule has 0 saturated heterocycles. The number of pyridine rings is 1. The quantitative estimate of drug-likeness (QED) is 0.538. The van der Waals surface area contributed by atoms with E-state index < -0.39 is 23.6 Å². The molecule has 1 amide bonds. The summed E-state index contributed by atoms with van der Waals surface area (Å²) in [6.07, 6.45) is -1.90. The van der Waals surface area contributed by atoms with Crippen LogP contribution in [0.15, 0.2) is 59.7 Å². The monoisotopic (exact) mass is 438 g/mol. The second-order valence-electron chi connectivity index (χ2n) is 5.84. The zero-order chi connectivity index (χ0) is 23.0. The van der Waals surface area contributed by atoms with Crippen LogP contribution in [0.25, 0.3) is 11.3 Å². The maximum Gasteiger partial charge on any atom is 0.490 e. The molecule has 31 heavy (non-hydrogen) atoms. The molecule has 3 aromatic rings. The number of nitrogens with one attached hydrogen (secondary N) is 2. The third-order valence-corrected chi connectivity index (χ3v) is 3.63. The Kier molecular flexibility index (Phi) is 7.55. The predicted octanol–water partition coefficient (Wildman–Crippen LogP) is 2.53. The van der Waals surface area contributed by atoms with Gasteiger partial charge in [0.25, 0.3) is 11.5 Å². The van der Waals surface area contributed by atoms with E-state index in [0.717, 1.165) is 11.1 Å². The summed E-state index contributed by atoms with van der Waals surface area (Å²) in [7, 11) is 0. The van der Waals surface area contributed by atoms with E-state index in [-0.39, 0.29) is 17.9 Å². The van der Waals surface area contributed by atoms with Crippen molar-refractivity contribution in [3.63, 3.8) is 0 Å². The summed E-state index contributed by atoms with van der Waals surface area (Å²) in [5, 5.41) is 16.0. The average molecular weight is 438 g/mol. The fraction of sp³-hybridized carbons (Fsp3) is 0.105. The van der Waals surface area contributed by atoms with Gasteiger partial charge in [0.05, 0.1) is 5.69 Å². The number of hydrogen-bond acceptors (Lipinski definition) is 5. The number of nitrogens with zero attached hydrogens (tertiary/aromatic N) is 2. The first-order valence-corrected chi connectivity index (χ1v) is 8.41. The summed E-state index contributed by atoms with van der Waals surface area (Å²) < 4.78 is 44.6. The molecule has 0 spiro atoms. The summed E-state index contributed by atoms with van der Waals surface area (Å²) in [5.41, 5.74) is 1.30. The summed E-state index contributed by atoms with van der Waals surface area (Å²) >= 11 is 0. The highest BCUT2D eigenvalue weighted by molar-refractivity contribution is 5.94. The van der Waals surface area contributed by atoms with Crippen molar-refractivity contribution >= 4 is 11.9 Å². The van der Waals surface area contributed by atoms with E-state index in [0.29, 0.717) is 5.69 Å². The Balaban J connectivity index is 0.000000423. The molecule has 162 valence electrons. The predicted molar refractivity (Wildman–Crippen MR) is 99.3 cm³/mol. The molecule has 0 unspecified atom stereocenters. The van der Waals surface area contributed by atoms with E-state index in [1.165, 1.54) is 18.2 Å². The number of aliphatic carboxylic acids is 1. The van der Waals surface area contributed by atoms with Crippen molar-refractivity contribution in [2.45, 2.75) is 12.7 Å². The van der Waals surface area contributed by atoms with Crippen molar-refractivity contribution < 1.29 is 32.3 Å². The van der Waals surface area contributed by atoms with Gasteiger partial charge in [-0.2, -0.15) is 18.3 Å². The average Bonchev–Trinajstić information content (AvgIpc) is 2.74. The molecule has 0 aliphatic carbocycles. The topological polar surface area (TPSA) is 125 Å². The van der Waals surface area contributed by atoms with Crippen molar-refractivity contribution in [1.29, 1.82) is 0 Å². The standard InChI is InChI=1S/C17H13FN4O2.C2HF3O2/c18-13-3-1-11(2-4-13)10-20-16(23)14-9-15(21-22-17(14)24)12-5-7-19-8-6-12;3-2(4,5)1(6)7/h1-9H,10H2,(H,20,23)(H,22,24);(H,6,7). The summed E-state index contributed by atoms with van der Waals surface area (Å²) in [6.45, 7) is 0.186. The lowest BCUT2D eigenvalue weighted by atomic mass is 10.1. The number of H-pyrrole nitrogens is 1. The van der Waals surface area contributed by atoms with Crippen molar-refractivity contribution in [1.82, 2.24) is 20.5 Å². The highest BCUT2D eigenvalue weighted by atomic mass is 19.4. The minimum Gasteiger partial charge on any atom is -0.475 e. The lowest BCUT2D eigenvalue weighted by Gasteiger charge is -2.06. The number of carboxylic acids is 1. The molecule has 1 aromatic carbocycles. The molecule has 0 aliphatic heterocycles. The molecule has 2 aromatic heterocycles. The molecule has 12 heteroatoms. The first-order chi connectivity index (χ1) is 14.6. The van der Waals surface area contributed by atoms with Gasteiger partial charge in [0.15, 0.2) is 0 Å². The van der Waals surface area contributed by atoms with Crippen LogP contribution in [-0.2, 0) is 11.3 Å². The molecule has 3 N–H and O–H groups in total. The smallest absolute Gasteiger partial charge is 0.475 e. The molecular formula is C19H14F4N4O4. The Morgan fingerprint density at radius 3 is 2.19 bits per heavy atom. The molecule has 0 fully saturated rings. The Morgan fingerprint density at radius 1 is 1.06 bits per heavy atom. The highest BCUT2D eigenvalue weighted by Crippen LogP contribution is 2.14. The zero-order valence-electron chi connectivity index (χ0n) is 15.5. The summed E-state index contributed by atoms with van der Waals surface area (Å²) in [4.78, 5) is 36.9. The van der Waals surface area contributed by atoms with Crippen molar-refractivity contribution in [3.05, 3.63) is 82.2 Å². The molecule has 3 rings (SSSR count). The van der Waals surface area contributed by atoms with E-state index in [1.807, 2.05) is 0 Å². The van der Waals surface area contributed by atoms with Gasteiger partial charge >= 0.3 is 12.1 Å². The number of rotatable bonds is 4. The fourth-order valence-electron chi connectivity index (χ4n) is 2.12. The van der Waals surface area contributed by atoms with Crippen LogP contribution >= 0.6 is 0 Å². The lowest BCUT2D eigenvalue weighted by Crippen LogP contribution is -2.29. The minimum absolute atomic E-state index is 0.0427. The number of alkyl halides is 3. The van der Waals surface area contributed by atoms with E-state index in [4.69, 9.17) is 9.90 Å².